The summed E-state index contributed by atoms with van der Waals surface area (Å²) >= 11 is 0. The first kappa shape index (κ1) is 15.9. The molecule has 100 valence electrons. The van der Waals surface area contributed by atoms with Gasteiger partial charge in [0.05, 0.1) is 26.2 Å². The maximum absolute atomic E-state index is 11.2. The van der Waals surface area contributed by atoms with Crippen LogP contribution < -0.4 is 5.32 Å². The second-order valence-electron chi connectivity index (χ2n) is 3.47. The van der Waals surface area contributed by atoms with E-state index >= 15 is 0 Å². The Morgan fingerprint density at radius 2 is 1.71 bits per heavy atom. The molecule has 0 aliphatic rings. The Bertz CT molecular complexity index is 220. The van der Waals surface area contributed by atoms with Crippen molar-refractivity contribution in [2.75, 3.05) is 33.0 Å². The van der Waals surface area contributed by atoms with E-state index in [1.807, 2.05) is 6.92 Å². The number of ether oxygens (including phenoxy) is 2. The Morgan fingerprint density at radius 3 is 2.35 bits per heavy atom. The van der Waals surface area contributed by atoms with E-state index in [0.717, 1.165) is 6.42 Å². The van der Waals surface area contributed by atoms with E-state index in [1.165, 1.54) is 0 Å². The van der Waals surface area contributed by atoms with Crippen LogP contribution in [0.5, 0.6) is 0 Å². The summed E-state index contributed by atoms with van der Waals surface area (Å²) in [6.45, 7) is 4.01. The van der Waals surface area contributed by atoms with Crippen LogP contribution in [0.3, 0.4) is 0 Å². The topological polar surface area (TPSA) is 84.9 Å². The normalized spacial score (nSPS) is 10.2. The lowest BCUT2D eigenvalue weighted by Crippen LogP contribution is -2.28. The van der Waals surface area contributed by atoms with Crippen molar-refractivity contribution in [1.82, 2.24) is 5.32 Å². The zero-order valence-electron chi connectivity index (χ0n) is 10.2. The minimum atomic E-state index is -0.887. The van der Waals surface area contributed by atoms with Crippen molar-refractivity contribution in [3.8, 4) is 0 Å². The molecule has 0 saturated carbocycles. The van der Waals surface area contributed by atoms with Crippen LogP contribution in [-0.2, 0) is 19.1 Å². The van der Waals surface area contributed by atoms with E-state index < -0.39 is 5.97 Å². The monoisotopic (exact) mass is 247 g/mol. The molecule has 2 N–H and O–H groups in total. The highest BCUT2D eigenvalue weighted by atomic mass is 16.5. The smallest absolute Gasteiger partial charge is 0.305 e. The van der Waals surface area contributed by atoms with E-state index in [-0.39, 0.29) is 18.9 Å². The van der Waals surface area contributed by atoms with Crippen LogP contribution >= 0.6 is 0 Å². The summed E-state index contributed by atoms with van der Waals surface area (Å²) in [6.07, 6.45) is 1.27. The van der Waals surface area contributed by atoms with Crippen LogP contribution in [-0.4, -0.2) is 50.0 Å². The van der Waals surface area contributed by atoms with E-state index in [1.54, 1.807) is 0 Å². The number of rotatable bonds is 11. The molecule has 0 aromatic heterocycles. The van der Waals surface area contributed by atoms with Gasteiger partial charge < -0.3 is 19.9 Å². The molecule has 0 aromatic carbocycles. The molecule has 0 fully saturated rings. The molecule has 0 heterocycles. The molecule has 0 spiro atoms. The molecule has 0 aromatic rings. The van der Waals surface area contributed by atoms with Gasteiger partial charge in [0, 0.05) is 19.6 Å². The van der Waals surface area contributed by atoms with E-state index in [4.69, 9.17) is 14.6 Å². The summed E-state index contributed by atoms with van der Waals surface area (Å²) in [5, 5.41) is 11.0. The first-order chi connectivity index (χ1) is 8.16. The molecular weight excluding hydrogens is 226 g/mol. The SMILES string of the molecule is CCCOCCC(=O)NCCOCCC(=O)O. The van der Waals surface area contributed by atoms with Crippen LogP contribution in [0, 0.1) is 0 Å². The average Bonchev–Trinajstić information content (AvgIpc) is 2.29. The van der Waals surface area contributed by atoms with Gasteiger partial charge in [-0.05, 0) is 6.42 Å². The fourth-order valence-corrected chi connectivity index (χ4v) is 1.02. The first-order valence-corrected chi connectivity index (χ1v) is 5.80. The van der Waals surface area contributed by atoms with Gasteiger partial charge >= 0.3 is 5.97 Å². The number of nitrogens with one attached hydrogen (secondary N) is 1. The number of amides is 1. The van der Waals surface area contributed by atoms with Crippen molar-refractivity contribution < 1.29 is 24.2 Å². The lowest BCUT2D eigenvalue weighted by Gasteiger charge is -2.06. The van der Waals surface area contributed by atoms with Gasteiger partial charge in [-0.25, -0.2) is 0 Å². The molecule has 0 rings (SSSR count). The standard InChI is InChI=1S/C11H21NO5/c1-2-6-16-7-3-10(13)12-5-9-17-8-4-11(14)15/h2-9H2,1H3,(H,12,13)(H,14,15). The van der Waals surface area contributed by atoms with Crippen molar-refractivity contribution in [2.24, 2.45) is 0 Å². The van der Waals surface area contributed by atoms with Gasteiger partial charge in [0.2, 0.25) is 5.91 Å². The zero-order chi connectivity index (χ0) is 12.9. The maximum atomic E-state index is 11.2. The Morgan fingerprint density at radius 1 is 1.06 bits per heavy atom. The van der Waals surface area contributed by atoms with Crippen molar-refractivity contribution >= 4 is 11.9 Å². The second kappa shape index (κ2) is 11.3. The third kappa shape index (κ3) is 12.8. The fourth-order valence-electron chi connectivity index (χ4n) is 1.02. The highest BCUT2D eigenvalue weighted by Gasteiger charge is 2.00. The minimum absolute atomic E-state index is 0.0151. The largest absolute Gasteiger partial charge is 0.481 e. The van der Waals surface area contributed by atoms with E-state index in [9.17, 15) is 9.59 Å². The van der Waals surface area contributed by atoms with Crippen molar-refractivity contribution in [2.45, 2.75) is 26.2 Å². The molecule has 0 saturated heterocycles. The average molecular weight is 247 g/mol. The molecule has 0 aliphatic heterocycles. The number of carbonyl (C=O) groups is 2. The number of carboxylic acids is 1. The molecule has 0 aliphatic carbocycles. The summed E-state index contributed by atoms with van der Waals surface area (Å²) < 4.78 is 10.2. The van der Waals surface area contributed by atoms with Gasteiger partial charge in [-0.15, -0.1) is 0 Å². The van der Waals surface area contributed by atoms with Gasteiger partial charge in [-0.1, -0.05) is 6.92 Å². The lowest BCUT2D eigenvalue weighted by atomic mass is 10.4. The molecule has 0 atom stereocenters. The molecular formula is C11H21NO5. The summed E-state index contributed by atoms with van der Waals surface area (Å²) in [7, 11) is 0. The Hall–Kier alpha value is -1.14. The summed E-state index contributed by atoms with van der Waals surface area (Å²) in [5.41, 5.74) is 0. The zero-order valence-corrected chi connectivity index (χ0v) is 10.2. The summed E-state index contributed by atoms with van der Waals surface area (Å²) in [5.74, 6) is -0.968. The van der Waals surface area contributed by atoms with Gasteiger partial charge in [-0.3, -0.25) is 9.59 Å². The van der Waals surface area contributed by atoms with Crippen LogP contribution in [0.1, 0.15) is 26.2 Å². The first-order valence-electron chi connectivity index (χ1n) is 5.80. The Balaban J connectivity index is 3.19. The highest BCUT2D eigenvalue weighted by molar-refractivity contribution is 5.75. The van der Waals surface area contributed by atoms with Crippen LogP contribution in [0.2, 0.25) is 0 Å². The number of aliphatic carboxylic acids is 1. The third-order valence-corrected chi connectivity index (χ3v) is 1.85. The second-order valence-corrected chi connectivity index (χ2v) is 3.47. The molecule has 0 radical (unpaired) electrons. The van der Waals surface area contributed by atoms with Gasteiger partial charge in [0.15, 0.2) is 0 Å². The number of carbonyl (C=O) groups excluding carboxylic acids is 1. The van der Waals surface area contributed by atoms with Crippen LogP contribution in [0.15, 0.2) is 0 Å². The van der Waals surface area contributed by atoms with Crippen molar-refractivity contribution in [1.29, 1.82) is 0 Å². The molecule has 0 bridgehead atoms. The molecule has 6 heteroatoms. The van der Waals surface area contributed by atoms with Crippen LogP contribution in [0.4, 0.5) is 0 Å². The van der Waals surface area contributed by atoms with E-state index in [0.29, 0.717) is 32.8 Å². The Kier molecular flexibility index (Phi) is 10.6. The molecule has 1 amide bonds. The van der Waals surface area contributed by atoms with Crippen molar-refractivity contribution in [3.63, 3.8) is 0 Å². The molecule has 17 heavy (non-hydrogen) atoms. The van der Waals surface area contributed by atoms with Crippen molar-refractivity contribution in [3.05, 3.63) is 0 Å². The minimum Gasteiger partial charge on any atom is -0.481 e. The number of hydrogen-bond donors (Lipinski definition) is 2. The molecule has 6 nitrogen and oxygen atoms in total. The predicted molar refractivity (Wildman–Crippen MR) is 61.8 cm³/mol. The number of hydrogen-bond acceptors (Lipinski definition) is 4. The van der Waals surface area contributed by atoms with E-state index in [2.05, 4.69) is 5.32 Å². The predicted octanol–water partition coefficient (Wildman–Crippen LogP) is 0.411. The summed E-state index contributed by atoms with van der Waals surface area (Å²) in [6, 6.07) is 0. The van der Waals surface area contributed by atoms with Gasteiger partial charge in [0.25, 0.3) is 0 Å². The third-order valence-electron chi connectivity index (χ3n) is 1.85. The summed E-state index contributed by atoms with van der Waals surface area (Å²) in [4.78, 5) is 21.4. The lowest BCUT2D eigenvalue weighted by molar-refractivity contribution is -0.138. The highest BCUT2D eigenvalue weighted by Crippen LogP contribution is 1.86. The quantitative estimate of drug-likeness (QED) is 0.517. The van der Waals surface area contributed by atoms with Gasteiger partial charge in [0.1, 0.15) is 0 Å². The number of carboxylic acid groups (broad SMARTS) is 1. The Labute approximate surface area is 101 Å². The molecule has 0 unspecified atom stereocenters. The fraction of sp³-hybridized carbons (Fsp3) is 0.818. The van der Waals surface area contributed by atoms with Crippen LogP contribution in [0.25, 0.3) is 0 Å². The van der Waals surface area contributed by atoms with Gasteiger partial charge in [-0.2, -0.15) is 0 Å². The maximum Gasteiger partial charge on any atom is 0.305 e.